The average molecular weight is 353 g/mol. The summed E-state index contributed by atoms with van der Waals surface area (Å²) in [6.45, 7) is 1.42. The Balaban J connectivity index is 1.88. The minimum absolute atomic E-state index is 0.104. The van der Waals surface area contributed by atoms with Crippen molar-refractivity contribution in [2.45, 2.75) is 31.3 Å². The number of likely N-dealkylation sites (tertiary alicyclic amines) is 1. The molecule has 0 radical (unpaired) electrons. The number of hydrogen-bond acceptors (Lipinski definition) is 4. The average Bonchev–Trinajstić information content (AvgIpc) is 3.11. The number of amides is 1. The molecular formula is C16H23N3O4S. The Labute approximate surface area is 142 Å². The molecule has 0 saturated carbocycles. The van der Waals surface area contributed by atoms with Crippen molar-refractivity contribution in [2.75, 3.05) is 27.2 Å². The van der Waals surface area contributed by atoms with Crippen LogP contribution in [0.15, 0.2) is 24.3 Å². The van der Waals surface area contributed by atoms with Crippen LogP contribution in [0, 0.1) is 0 Å². The van der Waals surface area contributed by atoms with E-state index in [2.05, 4.69) is 4.72 Å². The second-order valence-corrected chi connectivity index (χ2v) is 8.01. The van der Waals surface area contributed by atoms with Gasteiger partial charge in [0.25, 0.3) is 10.2 Å². The molecule has 2 aliphatic heterocycles. The monoisotopic (exact) mass is 353 g/mol. The van der Waals surface area contributed by atoms with Gasteiger partial charge in [-0.05, 0) is 37.0 Å². The third-order valence-corrected chi connectivity index (χ3v) is 6.36. The molecule has 0 aromatic heterocycles. The van der Waals surface area contributed by atoms with E-state index in [-0.39, 0.29) is 5.91 Å². The van der Waals surface area contributed by atoms with Crippen molar-refractivity contribution in [3.8, 4) is 5.75 Å². The van der Waals surface area contributed by atoms with E-state index in [1.807, 2.05) is 12.1 Å². The molecule has 24 heavy (non-hydrogen) atoms. The molecule has 132 valence electrons. The van der Waals surface area contributed by atoms with E-state index in [1.165, 1.54) is 7.05 Å². The zero-order valence-corrected chi connectivity index (χ0v) is 14.8. The van der Waals surface area contributed by atoms with Crippen LogP contribution in [0.4, 0.5) is 0 Å². The topological polar surface area (TPSA) is 79.0 Å². The molecule has 7 nitrogen and oxygen atoms in total. The van der Waals surface area contributed by atoms with Gasteiger partial charge in [0.05, 0.1) is 13.2 Å². The molecule has 2 aliphatic rings. The standard InChI is InChI=1S/C16H23N3O4S/c1-18-15(16(20)19-8-3-4-9-19)11-14(17-24(18,21)22)12-6-5-7-13(10-12)23-2/h5-7,10,14-15,17H,3-4,8-9,11H2,1-2H3/t14-,15+/m0/s1. The maximum atomic E-state index is 12.8. The zero-order chi connectivity index (χ0) is 17.3. The van der Waals surface area contributed by atoms with Gasteiger partial charge in [-0.3, -0.25) is 4.79 Å². The smallest absolute Gasteiger partial charge is 0.280 e. The summed E-state index contributed by atoms with van der Waals surface area (Å²) in [6.07, 6.45) is 2.36. The summed E-state index contributed by atoms with van der Waals surface area (Å²) in [5.74, 6) is 0.556. The lowest BCUT2D eigenvalue weighted by atomic mass is 9.99. The Kier molecular flexibility index (Phi) is 4.80. The molecule has 0 bridgehead atoms. The predicted molar refractivity (Wildman–Crippen MR) is 89.8 cm³/mol. The van der Waals surface area contributed by atoms with Crippen LogP contribution in [-0.4, -0.2) is 56.8 Å². The third kappa shape index (κ3) is 3.26. The first-order valence-electron chi connectivity index (χ1n) is 8.10. The molecule has 2 fully saturated rings. The van der Waals surface area contributed by atoms with Crippen molar-refractivity contribution in [3.63, 3.8) is 0 Å². The van der Waals surface area contributed by atoms with E-state index in [0.29, 0.717) is 25.3 Å². The van der Waals surface area contributed by atoms with Gasteiger partial charge in [0.2, 0.25) is 5.91 Å². The van der Waals surface area contributed by atoms with E-state index in [9.17, 15) is 13.2 Å². The maximum Gasteiger partial charge on any atom is 0.280 e. The van der Waals surface area contributed by atoms with Crippen molar-refractivity contribution >= 4 is 16.1 Å². The minimum atomic E-state index is -3.71. The zero-order valence-electron chi connectivity index (χ0n) is 13.9. The fourth-order valence-electron chi connectivity index (χ4n) is 3.32. The number of benzene rings is 1. The lowest BCUT2D eigenvalue weighted by molar-refractivity contribution is -0.134. The van der Waals surface area contributed by atoms with Gasteiger partial charge in [-0.25, -0.2) is 0 Å². The molecule has 0 aliphatic carbocycles. The lowest BCUT2D eigenvalue weighted by Crippen LogP contribution is -2.57. The first kappa shape index (κ1) is 17.2. The number of hydrogen-bond donors (Lipinski definition) is 1. The van der Waals surface area contributed by atoms with Crippen LogP contribution >= 0.6 is 0 Å². The SMILES string of the molecule is COc1cccc([C@@H]2C[C@H](C(=O)N3CCCC3)N(C)S(=O)(=O)N2)c1. The van der Waals surface area contributed by atoms with Crippen LogP contribution in [-0.2, 0) is 15.0 Å². The van der Waals surface area contributed by atoms with Crippen molar-refractivity contribution < 1.29 is 17.9 Å². The number of ether oxygens (including phenoxy) is 1. The second kappa shape index (κ2) is 6.70. The molecule has 0 unspecified atom stereocenters. The van der Waals surface area contributed by atoms with Gasteiger partial charge in [-0.1, -0.05) is 12.1 Å². The molecule has 3 rings (SSSR count). The summed E-state index contributed by atoms with van der Waals surface area (Å²) in [4.78, 5) is 14.5. The minimum Gasteiger partial charge on any atom is -0.497 e. The van der Waals surface area contributed by atoms with Gasteiger partial charge < -0.3 is 9.64 Å². The molecule has 0 spiro atoms. The summed E-state index contributed by atoms with van der Waals surface area (Å²) >= 11 is 0. The number of rotatable bonds is 3. The van der Waals surface area contributed by atoms with Crippen molar-refractivity contribution in [2.24, 2.45) is 0 Å². The van der Waals surface area contributed by atoms with Crippen LogP contribution in [0.1, 0.15) is 30.9 Å². The highest BCUT2D eigenvalue weighted by Crippen LogP contribution is 2.30. The summed E-state index contributed by atoms with van der Waals surface area (Å²) in [5, 5.41) is 0. The molecule has 1 amide bonds. The van der Waals surface area contributed by atoms with E-state index >= 15 is 0 Å². The summed E-state index contributed by atoms with van der Waals surface area (Å²) in [7, 11) is -0.679. The van der Waals surface area contributed by atoms with Crippen LogP contribution in [0.2, 0.25) is 0 Å². The van der Waals surface area contributed by atoms with Crippen LogP contribution in [0.25, 0.3) is 0 Å². The fraction of sp³-hybridized carbons (Fsp3) is 0.562. The first-order chi connectivity index (χ1) is 11.4. The second-order valence-electron chi connectivity index (χ2n) is 6.25. The van der Waals surface area contributed by atoms with E-state index in [1.54, 1.807) is 24.1 Å². The number of nitrogens with one attached hydrogen (secondary N) is 1. The Morgan fingerprint density at radius 2 is 2.00 bits per heavy atom. The van der Waals surface area contributed by atoms with E-state index in [4.69, 9.17) is 4.74 Å². The molecule has 2 atom stereocenters. The molecule has 1 N–H and O–H groups in total. The maximum absolute atomic E-state index is 12.8. The van der Waals surface area contributed by atoms with Crippen LogP contribution < -0.4 is 9.46 Å². The van der Waals surface area contributed by atoms with E-state index in [0.717, 1.165) is 22.7 Å². The fourth-order valence-corrected chi connectivity index (χ4v) is 4.59. The Morgan fingerprint density at radius 1 is 1.29 bits per heavy atom. The van der Waals surface area contributed by atoms with Gasteiger partial charge in [0.1, 0.15) is 11.8 Å². The Hall–Kier alpha value is -1.64. The molecule has 1 aromatic rings. The van der Waals surface area contributed by atoms with E-state index < -0.39 is 22.3 Å². The Bertz CT molecular complexity index is 716. The summed E-state index contributed by atoms with van der Waals surface area (Å²) < 4.78 is 34.0. The largest absolute Gasteiger partial charge is 0.497 e. The quantitative estimate of drug-likeness (QED) is 0.876. The first-order valence-corrected chi connectivity index (χ1v) is 9.54. The summed E-state index contributed by atoms with van der Waals surface area (Å²) in [5.41, 5.74) is 0.797. The summed E-state index contributed by atoms with van der Waals surface area (Å²) in [6, 6.07) is 6.15. The lowest BCUT2D eigenvalue weighted by Gasteiger charge is -2.37. The van der Waals surface area contributed by atoms with Crippen LogP contribution in [0.5, 0.6) is 5.75 Å². The molecule has 1 aromatic carbocycles. The van der Waals surface area contributed by atoms with Crippen molar-refractivity contribution in [3.05, 3.63) is 29.8 Å². The van der Waals surface area contributed by atoms with Gasteiger partial charge >= 0.3 is 0 Å². The molecule has 2 saturated heterocycles. The van der Waals surface area contributed by atoms with Crippen molar-refractivity contribution in [1.82, 2.24) is 13.9 Å². The highest BCUT2D eigenvalue weighted by Gasteiger charge is 2.42. The Morgan fingerprint density at radius 3 is 2.67 bits per heavy atom. The highest BCUT2D eigenvalue weighted by atomic mass is 32.2. The predicted octanol–water partition coefficient (Wildman–Crippen LogP) is 0.897. The number of carbonyl (C=O) groups is 1. The molecule has 8 heteroatoms. The van der Waals surface area contributed by atoms with Gasteiger partial charge in [-0.15, -0.1) is 0 Å². The van der Waals surface area contributed by atoms with Gasteiger partial charge in [0.15, 0.2) is 0 Å². The van der Waals surface area contributed by atoms with Gasteiger partial charge in [-0.2, -0.15) is 17.4 Å². The highest BCUT2D eigenvalue weighted by molar-refractivity contribution is 7.87. The number of likely N-dealkylation sites (N-methyl/N-ethyl adjacent to an activating group) is 1. The van der Waals surface area contributed by atoms with Crippen molar-refractivity contribution in [1.29, 1.82) is 0 Å². The normalized spacial score (nSPS) is 27.2. The molecule has 2 heterocycles. The number of methoxy groups -OCH3 is 1. The van der Waals surface area contributed by atoms with Gasteiger partial charge in [0, 0.05) is 20.1 Å². The third-order valence-electron chi connectivity index (χ3n) is 4.77. The number of nitrogens with zero attached hydrogens (tertiary/aromatic N) is 2. The molecular weight excluding hydrogens is 330 g/mol. The number of carbonyl (C=O) groups excluding carboxylic acids is 1. The van der Waals surface area contributed by atoms with Crippen LogP contribution in [0.3, 0.4) is 0 Å².